The Labute approximate surface area is 187 Å². The number of carbonyl (C=O) groups is 2. The molecule has 3 rings (SSSR count). The van der Waals surface area contributed by atoms with E-state index in [1.54, 1.807) is 5.38 Å². The monoisotopic (exact) mass is 464 g/mol. The molecule has 31 heavy (non-hydrogen) atoms. The zero-order chi connectivity index (χ0) is 22.3. The summed E-state index contributed by atoms with van der Waals surface area (Å²) in [6.07, 6.45) is 3.65. The number of aryl methyl sites for hydroxylation is 2. The number of carbonyl (C=O) groups excluding carboxylic acids is 2. The predicted octanol–water partition coefficient (Wildman–Crippen LogP) is 3.14. The van der Waals surface area contributed by atoms with Gasteiger partial charge in [0.25, 0.3) is 0 Å². The molecule has 1 aliphatic rings. The van der Waals surface area contributed by atoms with Gasteiger partial charge in [-0.25, -0.2) is 13.2 Å². The maximum absolute atomic E-state index is 12.9. The van der Waals surface area contributed by atoms with Crippen LogP contribution >= 0.6 is 11.3 Å². The minimum Gasteiger partial charge on any atom is -0.460 e. The normalized spacial score (nSPS) is 14.9. The van der Waals surface area contributed by atoms with Crippen molar-refractivity contribution in [3.8, 4) is 0 Å². The van der Waals surface area contributed by atoms with Crippen molar-refractivity contribution >= 4 is 33.2 Å². The lowest BCUT2D eigenvalue weighted by Crippen LogP contribution is -2.36. The second kappa shape index (κ2) is 10.9. The Kier molecular flexibility index (Phi) is 8.22. The molecule has 2 heterocycles. The summed E-state index contributed by atoms with van der Waals surface area (Å²) in [4.78, 5) is 24.5. The number of hydrogen-bond acceptors (Lipinski definition) is 6. The third kappa shape index (κ3) is 6.38. The first-order valence-electron chi connectivity index (χ1n) is 10.4. The van der Waals surface area contributed by atoms with Gasteiger partial charge in [-0.05, 0) is 43.2 Å². The fourth-order valence-electron chi connectivity index (χ4n) is 3.39. The fraction of sp³-hybridized carbons (Fsp3) is 0.455. The molecule has 1 saturated heterocycles. The molecule has 1 aromatic heterocycles. The summed E-state index contributed by atoms with van der Waals surface area (Å²) in [5.41, 5.74) is 2.26. The maximum atomic E-state index is 12.9. The second-order valence-corrected chi connectivity index (χ2v) is 10.4. The number of sulfonamides is 1. The van der Waals surface area contributed by atoms with E-state index in [4.69, 9.17) is 4.74 Å². The van der Waals surface area contributed by atoms with Crippen LogP contribution in [0.3, 0.4) is 0 Å². The van der Waals surface area contributed by atoms with Gasteiger partial charge in [0, 0.05) is 19.5 Å². The minimum atomic E-state index is -3.70. The molecule has 168 valence electrons. The highest BCUT2D eigenvalue weighted by Crippen LogP contribution is 2.27. The quantitative estimate of drug-likeness (QED) is 0.455. The summed E-state index contributed by atoms with van der Waals surface area (Å²) in [7, 11) is -3.70. The van der Waals surface area contributed by atoms with Crippen LogP contribution in [-0.2, 0) is 26.0 Å². The van der Waals surface area contributed by atoms with E-state index in [-0.39, 0.29) is 28.8 Å². The third-order valence-corrected chi connectivity index (χ3v) is 8.13. The molecular formula is C22H28N2O5S2. The van der Waals surface area contributed by atoms with Crippen LogP contribution in [0.2, 0.25) is 0 Å². The van der Waals surface area contributed by atoms with Gasteiger partial charge in [0.05, 0.1) is 6.54 Å². The summed E-state index contributed by atoms with van der Waals surface area (Å²) in [5, 5.41) is 4.31. The molecule has 0 radical (unpaired) electrons. The van der Waals surface area contributed by atoms with Crippen LogP contribution < -0.4 is 5.32 Å². The summed E-state index contributed by atoms with van der Waals surface area (Å²) in [5.74, 6) is -0.805. The van der Waals surface area contributed by atoms with Crippen molar-refractivity contribution in [2.45, 2.75) is 43.9 Å². The smallest absolute Gasteiger partial charge is 0.349 e. The Morgan fingerprint density at radius 2 is 1.81 bits per heavy atom. The molecule has 1 aromatic carbocycles. The second-order valence-electron chi connectivity index (χ2n) is 7.55. The first kappa shape index (κ1) is 23.4. The number of rotatable bonds is 9. The SMILES string of the molecule is Cc1ccc(CCC(=O)NCCOC(=O)c2sccc2S(=O)(=O)N2CCCCC2)cc1. The van der Waals surface area contributed by atoms with Gasteiger partial charge in [-0.2, -0.15) is 4.31 Å². The molecule has 1 amide bonds. The van der Waals surface area contributed by atoms with Crippen LogP contribution in [-0.4, -0.2) is 50.8 Å². The highest BCUT2D eigenvalue weighted by Gasteiger charge is 2.31. The number of benzene rings is 1. The molecule has 0 atom stereocenters. The Morgan fingerprint density at radius 1 is 1.10 bits per heavy atom. The van der Waals surface area contributed by atoms with Crippen molar-refractivity contribution in [1.29, 1.82) is 0 Å². The Morgan fingerprint density at radius 3 is 2.52 bits per heavy atom. The highest BCUT2D eigenvalue weighted by molar-refractivity contribution is 7.89. The van der Waals surface area contributed by atoms with E-state index in [1.165, 1.54) is 15.9 Å². The number of nitrogens with one attached hydrogen (secondary N) is 1. The van der Waals surface area contributed by atoms with Gasteiger partial charge in [0.1, 0.15) is 16.4 Å². The minimum absolute atomic E-state index is 0.00605. The zero-order valence-corrected chi connectivity index (χ0v) is 19.3. The van der Waals surface area contributed by atoms with Crippen LogP contribution in [0.25, 0.3) is 0 Å². The molecule has 1 N–H and O–H groups in total. The lowest BCUT2D eigenvalue weighted by Gasteiger charge is -2.25. The van der Waals surface area contributed by atoms with E-state index >= 15 is 0 Å². The molecule has 7 nitrogen and oxygen atoms in total. The average molecular weight is 465 g/mol. The fourth-order valence-corrected chi connectivity index (χ4v) is 6.20. The van der Waals surface area contributed by atoms with Gasteiger partial charge in [-0.1, -0.05) is 36.2 Å². The highest BCUT2D eigenvalue weighted by atomic mass is 32.2. The lowest BCUT2D eigenvalue weighted by molar-refractivity contribution is -0.121. The van der Waals surface area contributed by atoms with Crippen molar-refractivity contribution in [2.75, 3.05) is 26.2 Å². The predicted molar refractivity (Wildman–Crippen MR) is 120 cm³/mol. The Hall–Kier alpha value is -2.23. The van der Waals surface area contributed by atoms with Gasteiger partial charge in [-0.3, -0.25) is 4.79 Å². The molecule has 0 aliphatic carbocycles. The number of esters is 1. The number of thiophene rings is 1. The first-order chi connectivity index (χ1) is 14.9. The Bertz CT molecular complexity index is 993. The summed E-state index contributed by atoms with van der Waals surface area (Å²) in [6.45, 7) is 3.12. The number of piperidine rings is 1. The van der Waals surface area contributed by atoms with E-state index in [0.717, 1.165) is 36.2 Å². The van der Waals surface area contributed by atoms with Crippen molar-refractivity contribution in [3.63, 3.8) is 0 Å². The Balaban J connectivity index is 1.44. The standard InChI is InChI=1S/C22H28N2O5S2/c1-17-5-7-18(8-6-17)9-10-20(25)23-12-15-29-22(26)21-19(11-16-30-21)31(27,28)24-13-3-2-4-14-24/h5-8,11,16H,2-4,9-10,12-15H2,1H3,(H,23,25). The van der Waals surface area contributed by atoms with Gasteiger partial charge < -0.3 is 10.1 Å². The van der Waals surface area contributed by atoms with Crippen molar-refractivity contribution in [1.82, 2.24) is 9.62 Å². The van der Waals surface area contributed by atoms with E-state index < -0.39 is 16.0 Å². The summed E-state index contributed by atoms with van der Waals surface area (Å²) >= 11 is 1.05. The van der Waals surface area contributed by atoms with E-state index in [0.29, 0.717) is 25.9 Å². The van der Waals surface area contributed by atoms with Crippen LogP contribution in [0.4, 0.5) is 0 Å². The third-order valence-electron chi connectivity index (χ3n) is 5.17. The van der Waals surface area contributed by atoms with Crippen LogP contribution in [0.1, 0.15) is 46.5 Å². The molecule has 2 aromatic rings. The van der Waals surface area contributed by atoms with E-state index in [1.807, 2.05) is 31.2 Å². The number of nitrogens with zero attached hydrogens (tertiary/aromatic N) is 1. The number of hydrogen-bond donors (Lipinski definition) is 1. The first-order valence-corrected chi connectivity index (χ1v) is 12.8. The zero-order valence-electron chi connectivity index (χ0n) is 17.6. The van der Waals surface area contributed by atoms with Gasteiger partial charge >= 0.3 is 5.97 Å². The van der Waals surface area contributed by atoms with Crippen molar-refractivity contribution in [3.05, 3.63) is 51.7 Å². The molecule has 0 spiro atoms. The van der Waals surface area contributed by atoms with Gasteiger partial charge in [0.2, 0.25) is 15.9 Å². The van der Waals surface area contributed by atoms with Crippen molar-refractivity contribution in [2.24, 2.45) is 0 Å². The molecule has 1 aliphatic heterocycles. The van der Waals surface area contributed by atoms with Crippen LogP contribution in [0.5, 0.6) is 0 Å². The number of amides is 1. The largest absolute Gasteiger partial charge is 0.460 e. The van der Waals surface area contributed by atoms with Gasteiger partial charge in [0.15, 0.2) is 0 Å². The van der Waals surface area contributed by atoms with Gasteiger partial charge in [-0.15, -0.1) is 11.3 Å². The molecule has 0 unspecified atom stereocenters. The summed E-state index contributed by atoms with van der Waals surface area (Å²) < 4.78 is 32.4. The summed E-state index contributed by atoms with van der Waals surface area (Å²) in [6, 6.07) is 9.48. The molecule has 0 saturated carbocycles. The molecule has 1 fully saturated rings. The molecular weight excluding hydrogens is 436 g/mol. The topological polar surface area (TPSA) is 92.8 Å². The molecule has 9 heteroatoms. The van der Waals surface area contributed by atoms with E-state index in [9.17, 15) is 18.0 Å². The average Bonchev–Trinajstić information content (AvgIpc) is 3.28. The number of ether oxygens (including phenoxy) is 1. The lowest BCUT2D eigenvalue weighted by atomic mass is 10.1. The molecule has 0 bridgehead atoms. The van der Waals surface area contributed by atoms with Crippen LogP contribution in [0, 0.1) is 6.92 Å². The van der Waals surface area contributed by atoms with Crippen LogP contribution in [0.15, 0.2) is 40.6 Å². The van der Waals surface area contributed by atoms with Crippen molar-refractivity contribution < 1.29 is 22.7 Å². The van der Waals surface area contributed by atoms with E-state index in [2.05, 4.69) is 5.32 Å². The maximum Gasteiger partial charge on any atom is 0.349 e.